The first-order chi connectivity index (χ1) is 7.43. The molecule has 0 unspecified atom stereocenters. The number of halogens is 3. The van der Waals surface area contributed by atoms with E-state index in [0.717, 1.165) is 4.52 Å². The van der Waals surface area contributed by atoms with Crippen LogP contribution in [0.2, 0.25) is 10.3 Å². The van der Waals surface area contributed by atoms with Gasteiger partial charge in [-0.2, -0.15) is 4.52 Å². The first-order valence-electron chi connectivity index (χ1n) is 3.85. The molecule has 0 aliphatic heterocycles. The molecule has 0 bridgehead atoms. The van der Waals surface area contributed by atoms with Crippen molar-refractivity contribution in [2.75, 3.05) is 5.73 Å². The van der Waals surface area contributed by atoms with Gasteiger partial charge in [0.05, 0.1) is 0 Å². The molecule has 2 heterocycles. The van der Waals surface area contributed by atoms with Crippen molar-refractivity contribution in [1.82, 2.24) is 14.6 Å². The molecule has 2 aromatic heterocycles. The number of fused-ring (bicyclic) bond motifs is 1. The molecular weight excluding hydrogens is 262 g/mol. The fourth-order valence-electron chi connectivity index (χ4n) is 1.19. The van der Waals surface area contributed by atoms with Crippen molar-refractivity contribution in [1.29, 1.82) is 0 Å². The second-order valence-electron chi connectivity index (χ2n) is 2.81. The Balaban J connectivity index is 2.96. The van der Waals surface area contributed by atoms with Gasteiger partial charge >= 0.3 is 5.97 Å². The van der Waals surface area contributed by atoms with E-state index in [1.54, 1.807) is 0 Å². The average molecular weight is 265 g/mol. The van der Waals surface area contributed by atoms with Crippen molar-refractivity contribution < 1.29 is 14.3 Å². The summed E-state index contributed by atoms with van der Waals surface area (Å²) in [7, 11) is 0. The third-order valence-corrected chi connectivity index (χ3v) is 2.43. The number of nitrogens with zero attached hydrogens (tertiary/aromatic N) is 3. The van der Waals surface area contributed by atoms with E-state index in [1.165, 1.54) is 0 Å². The van der Waals surface area contributed by atoms with E-state index < -0.39 is 22.1 Å². The molecule has 9 heteroatoms. The number of carbonyl (C=O) groups is 1. The van der Waals surface area contributed by atoms with Gasteiger partial charge in [-0.25, -0.2) is 14.2 Å². The Morgan fingerprint density at radius 3 is 2.69 bits per heavy atom. The molecule has 3 N–H and O–H groups in total. The molecule has 2 aromatic rings. The number of nitrogens with two attached hydrogens (primary N) is 1. The molecule has 2 rings (SSSR count). The Kier molecular flexibility index (Phi) is 2.36. The molecule has 6 nitrogen and oxygen atoms in total. The van der Waals surface area contributed by atoms with Crippen LogP contribution in [0.5, 0.6) is 0 Å². The van der Waals surface area contributed by atoms with Gasteiger partial charge < -0.3 is 10.8 Å². The van der Waals surface area contributed by atoms with E-state index in [-0.39, 0.29) is 17.0 Å². The minimum atomic E-state index is -1.35. The van der Waals surface area contributed by atoms with Crippen molar-refractivity contribution in [3.63, 3.8) is 0 Å². The largest absolute Gasteiger partial charge is 0.477 e. The van der Waals surface area contributed by atoms with Crippen LogP contribution in [0, 0.1) is 5.82 Å². The average Bonchev–Trinajstić information content (AvgIpc) is 2.51. The standard InChI is InChI=1S/C7H3Cl2FN4O2/c8-3-2(10)4(9)14-6(12-3)1(7(15)16)5(11)13-14/h(H2,11,13)(H,15,16). The minimum Gasteiger partial charge on any atom is -0.477 e. The van der Waals surface area contributed by atoms with Crippen LogP contribution >= 0.6 is 23.2 Å². The van der Waals surface area contributed by atoms with E-state index in [1.807, 2.05) is 0 Å². The van der Waals surface area contributed by atoms with Gasteiger partial charge in [0.2, 0.25) is 0 Å². The fraction of sp³-hybridized carbons (Fsp3) is 0. The highest BCUT2D eigenvalue weighted by Gasteiger charge is 2.23. The van der Waals surface area contributed by atoms with Crippen LogP contribution in [0.4, 0.5) is 10.2 Å². The molecule has 0 aliphatic rings. The molecule has 16 heavy (non-hydrogen) atoms. The summed E-state index contributed by atoms with van der Waals surface area (Å²) < 4.78 is 14.0. The maximum Gasteiger partial charge on any atom is 0.343 e. The molecule has 0 saturated carbocycles. The van der Waals surface area contributed by atoms with Gasteiger partial charge in [-0.3, -0.25) is 0 Å². The molecule has 0 atom stereocenters. The molecule has 0 radical (unpaired) electrons. The maximum absolute atomic E-state index is 13.2. The van der Waals surface area contributed by atoms with Gasteiger partial charge in [0.25, 0.3) is 0 Å². The number of aromatic carboxylic acids is 1. The zero-order valence-corrected chi connectivity index (χ0v) is 8.92. The Morgan fingerprint density at radius 2 is 2.12 bits per heavy atom. The number of rotatable bonds is 1. The summed E-state index contributed by atoms with van der Waals surface area (Å²) in [6.45, 7) is 0. The topological polar surface area (TPSA) is 93.5 Å². The second-order valence-corrected chi connectivity index (χ2v) is 3.52. The highest BCUT2D eigenvalue weighted by molar-refractivity contribution is 6.34. The highest BCUT2D eigenvalue weighted by atomic mass is 35.5. The van der Waals surface area contributed by atoms with Gasteiger partial charge in [-0.1, -0.05) is 23.2 Å². The van der Waals surface area contributed by atoms with Crippen LogP contribution in [-0.2, 0) is 0 Å². The molecule has 0 aromatic carbocycles. The molecular formula is C7H3Cl2FN4O2. The summed E-state index contributed by atoms with van der Waals surface area (Å²) in [5, 5.41) is 11.4. The number of nitrogen functional groups attached to an aromatic ring is 1. The lowest BCUT2D eigenvalue weighted by atomic mass is 10.3. The number of carboxylic acids is 1. The van der Waals surface area contributed by atoms with Crippen molar-refractivity contribution in [3.05, 3.63) is 21.7 Å². The maximum atomic E-state index is 13.2. The highest BCUT2D eigenvalue weighted by Crippen LogP contribution is 2.26. The quantitative estimate of drug-likeness (QED) is 0.761. The number of aromatic nitrogens is 3. The van der Waals surface area contributed by atoms with Crippen LogP contribution in [-0.4, -0.2) is 25.7 Å². The second kappa shape index (κ2) is 3.46. The Hall–Kier alpha value is -1.60. The zero-order chi connectivity index (χ0) is 12.0. The Morgan fingerprint density at radius 1 is 1.50 bits per heavy atom. The monoisotopic (exact) mass is 264 g/mol. The molecule has 0 amide bonds. The number of hydrogen-bond acceptors (Lipinski definition) is 4. The molecule has 0 fully saturated rings. The molecule has 0 aliphatic carbocycles. The smallest absolute Gasteiger partial charge is 0.343 e. The van der Waals surface area contributed by atoms with E-state index >= 15 is 0 Å². The van der Waals surface area contributed by atoms with Gasteiger partial charge in [0.1, 0.15) is 5.56 Å². The first kappa shape index (κ1) is 10.9. The van der Waals surface area contributed by atoms with Crippen molar-refractivity contribution in [2.24, 2.45) is 0 Å². The fourth-order valence-corrected chi connectivity index (χ4v) is 1.62. The first-order valence-corrected chi connectivity index (χ1v) is 4.61. The van der Waals surface area contributed by atoms with Gasteiger partial charge in [-0.05, 0) is 0 Å². The summed E-state index contributed by atoms with van der Waals surface area (Å²) in [5.41, 5.74) is 4.77. The van der Waals surface area contributed by atoms with Crippen LogP contribution < -0.4 is 5.73 Å². The number of anilines is 1. The van der Waals surface area contributed by atoms with Crippen LogP contribution in [0.3, 0.4) is 0 Å². The SMILES string of the molecule is Nc1nn2c(Cl)c(F)c(Cl)nc2c1C(=O)O. The lowest BCUT2D eigenvalue weighted by molar-refractivity contribution is 0.0700. The van der Waals surface area contributed by atoms with Gasteiger partial charge in [0, 0.05) is 0 Å². The molecule has 0 spiro atoms. The van der Waals surface area contributed by atoms with Crippen molar-refractivity contribution >= 4 is 40.6 Å². The summed E-state index contributed by atoms with van der Waals surface area (Å²) >= 11 is 11.0. The van der Waals surface area contributed by atoms with Crippen LogP contribution in [0.15, 0.2) is 0 Å². The predicted molar refractivity (Wildman–Crippen MR) is 54.3 cm³/mol. The molecule has 0 saturated heterocycles. The van der Waals surface area contributed by atoms with E-state index in [9.17, 15) is 9.18 Å². The van der Waals surface area contributed by atoms with E-state index in [4.69, 9.17) is 34.0 Å². The van der Waals surface area contributed by atoms with Crippen LogP contribution in [0.25, 0.3) is 5.65 Å². The lowest BCUT2D eigenvalue weighted by Gasteiger charge is -1.99. The molecule has 84 valence electrons. The zero-order valence-electron chi connectivity index (χ0n) is 7.41. The van der Waals surface area contributed by atoms with E-state index in [2.05, 4.69) is 10.1 Å². The summed E-state index contributed by atoms with van der Waals surface area (Å²) in [6.07, 6.45) is 0. The van der Waals surface area contributed by atoms with E-state index in [0.29, 0.717) is 0 Å². The van der Waals surface area contributed by atoms with Gasteiger partial charge in [0.15, 0.2) is 27.6 Å². The third-order valence-electron chi connectivity index (χ3n) is 1.85. The predicted octanol–water partition coefficient (Wildman–Crippen LogP) is 1.46. The third kappa shape index (κ3) is 1.36. The van der Waals surface area contributed by atoms with Crippen LogP contribution in [0.1, 0.15) is 10.4 Å². The normalized spacial score (nSPS) is 10.9. The van der Waals surface area contributed by atoms with Gasteiger partial charge in [-0.15, -0.1) is 5.10 Å². The Labute approximate surface area is 97.4 Å². The summed E-state index contributed by atoms with van der Waals surface area (Å²) in [4.78, 5) is 14.4. The summed E-state index contributed by atoms with van der Waals surface area (Å²) in [5.74, 6) is -2.66. The number of carboxylic acid groups (broad SMARTS) is 1. The summed E-state index contributed by atoms with van der Waals surface area (Å²) in [6, 6.07) is 0. The van der Waals surface area contributed by atoms with Crippen molar-refractivity contribution in [3.8, 4) is 0 Å². The van der Waals surface area contributed by atoms with Crippen molar-refractivity contribution in [2.45, 2.75) is 0 Å². The minimum absolute atomic E-state index is 0.207. The Bertz CT molecular complexity index is 612. The number of hydrogen-bond donors (Lipinski definition) is 2. The lowest BCUT2D eigenvalue weighted by Crippen LogP contribution is -2.02.